The summed E-state index contributed by atoms with van der Waals surface area (Å²) >= 11 is 0. The van der Waals surface area contributed by atoms with E-state index in [1.807, 2.05) is 85.7 Å². The van der Waals surface area contributed by atoms with Crippen LogP contribution < -0.4 is 15.5 Å². The number of anilines is 1. The summed E-state index contributed by atoms with van der Waals surface area (Å²) in [4.78, 5) is 27.5. The number of hydrogen-bond donors (Lipinski definition) is 2. The monoisotopic (exact) mass is 519 g/mol. The lowest BCUT2D eigenvalue weighted by Crippen LogP contribution is -2.33. The number of hydrogen-bond acceptors (Lipinski definition) is 5. The predicted octanol–water partition coefficient (Wildman–Crippen LogP) is 6.24. The van der Waals surface area contributed by atoms with Crippen molar-refractivity contribution in [3.8, 4) is 0 Å². The van der Waals surface area contributed by atoms with E-state index in [1.165, 1.54) is 0 Å². The summed E-state index contributed by atoms with van der Waals surface area (Å²) in [7, 11) is 3.95. The number of amides is 2. The highest BCUT2D eigenvalue weighted by molar-refractivity contribution is 5.99. The highest BCUT2D eigenvalue weighted by atomic mass is 16.2. The maximum absolute atomic E-state index is 12.9. The summed E-state index contributed by atoms with van der Waals surface area (Å²) in [5.74, 6) is -0.379. The van der Waals surface area contributed by atoms with Gasteiger partial charge in [-0.3, -0.25) is 9.59 Å². The van der Waals surface area contributed by atoms with Gasteiger partial charge in [0.1, 0.15) is 0 Å². The van der Waals surface area contributed by atoms with Crippen molar-refractivity contribution in [2.45, 2.75) is 12.3 Å². The molecular weight excluding hydrogens is 486 g/mol. The number of nitrogens with zero attached hydrogens (tertiary/aromatic N) is 3. The molecule has 0 radical (unpaired) electrons. The van der Waals surface area contributed by atoms with Crippen molar-refractivity contribution in [1.29, 1.82) is 0 Å². The lowest BCUT2D eigenvalue weighted by Gasteiger charge is -2.19. The molecule has 7 heteroatoms. The summed E-state index contributed by atoms with van der Waals surface area (Å²) in [6.07, 6.45) is 0.171. The zero-order chi connectivity index (χ0) is 27.5. The van der Waals surface area contributed by atoms with Crippen LogP contribution in [-0.4, -0.2) is 39.0 Å². The van der Waals surface area contributed by atoms with Gasteiger partial charge in [0.25, 0.3) is 5.91 Å². The molecular formula is C32H33N5O2. The summed E-state index contributed by atoms with van der Waals surface area (Å²) in [6, 6.07) is 34.9. The number of carbonyl (C=O) groups excluding carboxylic acids is 2. The molecule has 0 saturated carbocycles. The zero-order valence-electron chi connectivity index (χ0n) is 22.2. The van der Waals surface area contributed by atoms with Crippen LogP contribution in [0.1, 0.15) is 33.8 Å². The van der Waals surface area contributed by atoms with Crippen molar-refractivity contribution >= 4 is 28.9 Å². The van der Waals surface area contributed by atoms with E-state index in [9.17, 15) is 9.59 Å². The fourth-order valence-electron chi connectivity index (χ4n) is 4.17. The van der Waals surface area contributed by atoms with E-state index >= 15 is 0 Å². The molecule has 0 saturated heterocycles. The molecule has 4 aromatic rings. The number of carbonyl (C=O) groups is 2. The van der Waals surface area contributed by atoms with Crippen molar-refractivity contribution in [3.05, 3.63) is 126 Å². The molecule has 4 rings (SSSR count). The summed E-state index contributed by atoms with van der Waals surface area (Å²) < 4.78 is 0. The first kappa shape index (κ1) is 27.3. The summed E-state index contributed by atoms with van der Waals surface area (Å²) in [5.41, 5.74) is 4.89. The third kappa shape index (κ3) is 7.85. The van der Waals surface area contributed by atoms with Crippen molar-refractivity contribution in [3.63, 3.8) is 0 Å². The second kappa shape index (κ2) is 13.7. The van der Waals surface area contributed by atoms with Gasteiger partial charge in [-0.2, -0.15) is 5.11 Å². The molecule has 39 heavy (non-hydrogen) atoms. The van der Waals surface area contributed by atoms with Gasteiger partial charge in [0, 0.05) is 45.2 Å². The minimum Gasteiger partial charge on any atom is -0.378 e. The van der Waals surface area contributed by atoms with Crippen molar-refractivity contribution in [1.82, 2.24) is 10.6 Å². The van der Waals surface area contributed by atoms with Gasteiger partial charge in [0.2, 0.25) is 5.91 Å². The van der Waals surface area contributed by atoms with E-state index in [4.69, 9.17) is 0 Å². The molecule has 0 spiro atoms. The molecule has 2 amide bonds. The van der Waals surface area contributed by atoms with E-state index in [0.29, 0.717) is 23.5 Å². The topological polar surface area (TPSA) is 86.2 Å². The van der Waals surface area contributed by atoms with Crippen LogP contribution in [0.5, 0.6) is 0 Å². The maximum Gasteiger partial charge on any atom is 0.253 e. The van der Waals surface area contributed by atoms with Gasteiger partial charge in [-0.25, -0.2) is 0 Å². The molecule has 0 aliphatic heterocycles. The quantitative estimate of drug-likeness (QED) is 0.230. The highest BCUT2D eigenvalue weighted by Gasteiger charge is 2.16. The molecule has 0 aromatic heterocycles. The molecule has 0 aliphatic rings. The van der Waals surface area contributed by atoms with Crippen molar-refractivity contribution in [2.75, 3.05) is 32.1 Å². The van der Waals surface area contributed by atoms with Crippen LogP contribution in [-0.2, 0) is 4.79 Å². The zero-order valence-corrected chi connectivity index (χ0v) is 22.2. The van der Waals surface area contributed by atoms with Crippen LogP contribution in [0.3, 0.4) is 0 Å². The first-order valence-corrected chi connectivity index (χ1v) is 12.9. The Morgan fingerprint density at radius 3 is 1.92 bits per heavy atom. The fourth-order valence-corrected chi connectivity index (χ4v) is 4.17. The lowest BCUT2D eigenvalue weighted by molar-refractivity contribution is -0.120. The molecule has 2 N–H and O–H groups in total. The third-order valence-electron chi connectivity index (χ3n) is 6.33. The van der Waals surface area contributed by atoms with Crippen LogP contribution >= 0.6 is 0 Å². The second-order valence-corrected chi connectivity index (χ2v) is 9.31. The SMILES string of the molecule is CN(C)c1ccc(/N=N/c2ccccc2C(=O)NCCC(=O)NCC(c2ccccc2)c2ccccc2)cc1. The normalized spacial score (nSPS) is 10.9. The number of azo groups is 1. The van der Waals surface area contributed by atoms with Crippen LogP contribution in [0.15, 0.2) is 119 Å². The van der Waals surface area contributed by atoms with E-state index in [2.05, 4.69) is 45.1 Å². The van der Waals surface area contributed by atoms with Gasteiger partial charge in [0.05, 0.1) is 16.9 Å². The summed E-state index contributed by atoms with van der Waals surface area (Å²) in [5, 5.41) is 14.4. The Bertz CT molecular complexity index is 1350. The molecule has 0 aliphatic carbocycles. The molecule has 0 atom stereocenters. The molecule has 0 fully saturated rings. The first-order valence-electron chi connectivity index (χ1n) is 12.9. The number of nitrogens with one attached hydrogen (secondary N) is 2. The molecule has 198 valence electrons. The molecule has 7 nitrogen and oxygen atoms in total. The minimum atomic E-state index is -0.299. The molecule has 0 bridgehead atoms. The Morgan fingerprint density at radius 1 is 0.718 bits per heavy atom. The largest absolute Gasteiger partial charge is 0.378 e. The molecule has 0 heterocycles. The lowest BCUT2D eigenvalue weighted by atomic mass is 9.91. The highest BCUT2D eigenvalue weighted by Crippen LogP contribution is 2.25. The van der Waals surface area contributed by atoms with Crippen molar-refractivity contribution < 1.29 is 9.59 Å². The Kier molecular flexibility index (Phi) is 9.56. The first-order chi connectivity index (χ1) is 19.0. The van der Waals surface area contributed by atoms with Gasteiger partial charge in [-0.1, -0.05) is 72.8 Å². The maximum atomic E-state index is 12.9. The predicted molar refractivity (Wildman–Crippen MR) is 156 cm³/mol. The van der Waals surface area contributed by atoms with E-state index in [1.54, 1.807) is 18.2 Å². The van der Waals surface area contributed by atoms with Crippen molar-refractivity contribution in [2.24, 2.45) is 10.2 Å². The smallest absolute Gasteiger partial charge is 0.253 e. The molecule has 4 aromatic carbocycles. The van der Waals surface area contributed by atoms with Gasteiger partial charge in [0.15, 0.2) is 0 Å². The van der Waals surface area contributed by atoms with Crippen LogP contribution in [0.4, 0.5) is 17.1 Å². The van der Waals surface area contributed by atoms with Crippen LogP contribution in [0.25, 0.3) is 0 Å². The fraction of sp³-hybridized carbons (Fsp3) is 0.188. The van der Waals surface area contributed by atoms with Gasteiger partial charge in [-0.05, 0) is 47.5 Å². The Labute approximate surface area is 229 Å². The van der Waals surface area contributed by atoms with Crippen LogP contribution in [0.2, 0.25) is 0 Å². The summed E-state index contributed by atoms with van der Waals surface area (Å²) in [6.45, 7) is 0.684. The van der Waals surface area contributed by atoms with E-state index < -0.39 is 0 Å². The molecule has 0 unspecified atom stereocenters. The second-order valence-electron chi connectivity index (χ2n) is 9.31. The number of benzene rings is 4. The average molecular weight is 520 g/mol. The Balaban J connectivity index is 1.31. The van der Waals surface area contributed by atoms with E-state index in [-0.39, 0.29) is 30.7 Å². The average Bonchev–Trinajstić information content (AvgIpc) is 2.97. The van der Waals surface area contributed by atoms with Gasteiger partial charge >= 0.3 is 0 Å². The standard InChI is InChI=1S/C32H33N5O2/c1-37(2)27-19-17-26(18-20-27)35-36-30-16-10-9-15-28(30)32(39)33-22-21-31(38)34-23-29(24-11-5-3-6-12-24)25-13-7-4-8-14-25/h3-20,29H,21-23H2,1-2H3,(H,33,39)(H,34,38)/b36-35+. The van der Waals surface area contributed by atoms with Crippen LogP contribution in [0, 0.1) is 0 Å². The van der Waals surface area contributed by atoms with E-state index in [0.717, 1.165) is 16.8 Å². The van der Waals surface area contributed by atoms with Gasteiger partial charge in [-0.15, -0.1) is 5.11 Å². The van der Waals surface area contributed by atoms with Gasteiger partial charge < -0.3 is 15.5 Å². The Morgan fingerprint density at radius 2 is 1.31 bits per heavy atom. The Hall–Kier alpha value is -4.78. The number of rotatable bonds is 11. The third-order valence-corrected chi connectivity index (χ3v) is 6.33. The minimum absolute atomic E-state index is 0.0438.